The van der Waals surface area contributed by atoms with Gasteiger partial charge in [-0.25, -0.2) is 0 Å². The number of unbranched alkanes of at least 4 members (excludes halogenated alkanes) is 2. The maximum Gasteiger partial charge on any atom is 0.128 e. The Bertz CT molecular complexity index is 465. The third-order valence-corrected chi connectivity index (χ3v) is 2.71. The first kappa shape index (κ1) is 11.9. The molecule has 0 fully saturated rings. The molecule has 0 saturated carbocycles. The van der Waals surface area contributed by atoms with E-state index in [0.29, 0.717) is 0 Å². The highest BCUT2D eigenvalue weighted by atomic mass is 16.5. The molecule has 90 valence electrons. The van der Waals surface area contributed by atoms with Gasteiger partial charge in [0.15, 0.2) is 0 Å². The minimum absolute atomic E-state index is 0.744. The van der Waals surface area contributed by atoms with Crippen molar-refractivity contribution in [3.63, 3.8) is 0 Å². The lowest BCUT2D eigenvalue weighted by Gasteiger charge is -2.08. The van der Waals surface area contributed by atoms with Crippen molar-refractivity contribution in [2.24, 2.45) is 5.73 Å². The summed E-state index contributed by atoms with van der Waals surface area (Å²) >= 11 is 0. The molecule has 2 rings (SSSR count). The molecule has 17 heavy (non-hydrogen) atoms. The van der Waals surface area contributed by atoms with Crippen molar-refractivity contribution in [1.82, 2.24) is 4.98 Å². The fourth-order valence-corrected chi connectivity index (χ4v) is 1.81. The molecular weight excluding hydrogens is 212 g/mol. The Morgan fingerprint density at radius 3 is 2.88 bits per heavy atom. The minimum atomic E-state index is 0.744. The van der Waals surface area contributed by atoms with Gasteiger partial charge in [0.1, 0.15) is 5.75 Å². The highest BCUT2D eigenvalue weighted by Gasteiger charge is 2.01. The van der Waals surface area contributed by atoms with Gasteiger partial charge in [0, 0.05) is 11.6 Å². The highest BCUT2D eigenvalue weighted by Crippen LogP contribution is 2.23. The van der Waals surface area contributed by atoms with Crippen molar-refractivity contribution in [1.29, 1.82) is 0 Å². The molecule has 0 aliphatic rings. The zero-order valence-corrected chi connectivity index (χ0v) is 9.93. The number of rotatable bonds is 6. The Morgan fingerprint density at radius 1 is 1.06 bits per heavy atom. The number of fused-ring (bicyclic) bond motifs is 1. The van der Waals surface area contributed by atoms with Crippen LogP contribution >= 0.6 is 0 Å². The maximum atomic E-state index is 5.79. The summed E-state index contributed by atoms with van der Waals surface area (Å²) in [6.45, 7) is 1.51. The average Bonchev–Trinajstić information content (AvgIpc) is 2.39. The van der Waals surface area contributed by atoms with Crippen LogP contribution in [0.15, 0.2) is 36.5 Å². The van der Waals surface area contributed by atoms with Crippen molar-refractivity contribution in [3.8, 4) is 5.75 Å². The summed E-state index contributed by atoms with van der Waals surface area (Å²) in [6.07, 6.45) is 5.04. The van der Waals surface area contributed by atoms with Gasteiger partial charge in [0.25, 0.3) is 0 Å². The number of benzene rings is 1. The summed E-state index contributed by atoms with van der Waals surface area (Å²) in [7, 11) is 0. The lowest BCUT2D eigenvalue weighted by Crippen LogP contribution is -2.01. The van der Waals surface area contributed by atoms with Crippen LogP contribution in [0.1, 0.15) is 19.3 Å². The van der Waals surface area contributed by atoms with Gasteiger partial charge >= 0.3 is 0 Å². The normalized spacial score (nSPS) is 10.6. The van der Waals surface area contributed by atoms with Gasteiger partial charge in [0.2, 0.25) is 0 Å². The maximum absolute atomic E-state index is 5.79. The molecule has 1 heterocycles. The SMILES string of the molecule is NCCCCCOc1cccc2ncccc12. The molecule has 3 nitrogen and oxygen atoms in total. The minimum Gasteiger partial charge on any atom is -0.493 e. The Hall–Kier alpha value is -1.61. The lowest BCUT2D eigenvalue weighted by atomic mass is 10.2. The second kappa shape index (κ2) is 6.21. The van der Waals surface area contributed by atoms with Gasteiger partial charge in [-0.15, -0.1) is 0 Å². The highest BCUT2D eigenvalue weighted by molar-refractivity contribution is 5.84. The molecule has 0 radical (unpaired) electrons. The first-order chi connectivity index (χ1) is 8.42. The van der Waals surface area contributed by atoms with Crippen LogP contribution in [-0.2, 0) is 0 Å². The van der Waals surface area contributed by atoms with E-state index in [1.807, 2.05) is 30.3 Å². The van der Waals surface area contributed by atoms with E-state index < -0.39 is 0 Å². The number of ether oxygens (including phenoxy) is 1. The number of pyridine rings is 1. The molecule has 0 amide bonds. The van der Waals surface area contributed by atoms with E-state index in [1.165, 1.54) is 0 Å². The van der Waals surface area contributed by atoms with Crippen LogP contribution in [-0.4, -0.2) is 18.1 Å². The Labute approximate surface area is 102 Å². The number of nitrogens with two attached hydrogens (primary N) is 1. The summed E-state index contributed by atoms with van der Waals surface area (Å²) in [5, 5.41) is 1.08. The Morgan fingerprint density at radius 2 is 2.00 bits per heavy atom. The van der Waals surface area contributed by atoms with E-state index in [2.05, 4.69) is 4.98 Å². The second-order valence-electron chi connectivity index (χ2n) is 4.02. The zero-order valence-electron chi connectivity index (χ0n) is 9.93. The van der Waals surface area contributed by atoms with Crippen molar-refractivity contribution in [2.75, 3.05) is 13.2 Å². The molecule has 2 N–H and O–H groups in total. The number of nitrogens with zero attached hydrogens (tertiary/aromatic N) is 1. The Balaban J connectivity index is 1.98. The summed E-state index contributed by atoms with van der Waals surface area (Å²) in [5.74, 6) is 0.920. The second-order valence-corrected chi connectivity index (χ2v) is 4.02. The van der Waals surface area contributed by atoms with Gasteiger partial charge in [-0.2, -0.15) is 0 Å². The van der Waals surface area contributed by atoms with E-state index in [-0.39, 0.29) is 0 Å². The van der Waals surface area contributed by atoms with Crippen LogP contribution in [0.2, 0.25) is 0 Å². The van der Waals surface area contributed by atoms with Crippen LogP contribution in [0.25, 0.3) is 10.9 Å². The predicted octanol–water partition coefficient (Wildman–Crippen LogP) is 2.74. The van der Waals surface area contributed by atoms with Gasteiger partial charge in [-0.3, -0.25) is 4.98 Å². The molecule has 0 aliphatic heterocycles. The van der Waals surface area contributed by atoms with Gasteiger partial charge in [-0.05, 0) is 50.1 Å². The fraction of sp³-hybridized carbons (Fsp3) is 0.357. The van der Waals surface area contributed by atoms with Crippen LogP contribution in [0, 0.1) is 0 Å². The number of aromatic nitrogens is 1. The lowest BCUT2D eigenvalue weighted by molar-refractivity contribution is 0.309. The molecule has 0 bridgehead atoms. The van der Waals surface area contributed by atoms with E-state index in [4.69, 9.17) is 10.5 Å². The summed E-state index contributed by atoms with van der Waals surface area (Å²) in [5.41, 5.74) is 6.43. The van der Waals surface area contributed by atoms with E-state index >= 15 is 0 Å². The van der Waals surface area contributed by atoms with Crippen molar-refractivity contribution < 1.29 is 4.74 Å². The summed E-state index contributed by atoms with van der Waals surface area (Å²) in [6, 6.07) is 9.94. The molecule has 3 heteroatoms. The van der Waals surface area contributed by atoms with Crippen LogP contribution in [0.5, 0.6) is 5.75 Å². The molecule has 0 saturated heterocycles. The van der Waals surface area contributed by atoms with Crippen molar-refractivity contribution in [3.05, 3.63) is 36.5 Å². The monoisotopic (exact) mass is 230 g/mol. The molecule has 1 aromatic heterocycles. The smallest absolute Gasteiger partial charge is 0.128 e. The van der Waals surface area contributed by atoms with Crippen LogP contribution < -0.4 is 10.5 Å². The van der Waals surface area contributed by atoms with Crippen LogP contribution in [0.3, 0.4) is 0 Å². The van der Waals surface area contributed by atoms with Crippen molar-refractivity contribution in [2.45, 2.75) is 19.3 Å². The molecule has 0 atom stereocenters. The predicted molar refractivity (Wildman–Crippen MR) is 70.1 cm³/mol. The first-order valence-electron chi connectivity index (χ1n) is 6.08. The standard InChI is InChI=1S/C14H18N2O/c15-9-2-1-3-11-17-14-8-4-7-13-12(14)6-5-10-16-13/h4-8,10H,1-3,9,11,15H2. The van der Waals surface area contributed by atoms with E-state index in [9.17, 15) is 0 Å². The fourth-order valence-electron chi connectivity index (χ4n) is 1.81. The summed E-state index contributed by atoms with van der Waals surface area (Å²) in [4.78, 5) is 4.30. The quantitative estimate of drug-likeness (QED) is 0.776. The molecule has 2 aromatic rings. The zero-order chi connectivity index (χ0) is 11.9. The molecular formula is C14H18N2O. The largest absolute Gasteiger partial charge is 0.493 e. The van der Waals surface area contributed by atoms with Crippen LogP contribution in [0.4, 0.5) is 0 Å². The van der Waals surface area contributed by atoms with Gasteiger partial charge < -0.3 is 10.5 Å². The van der Waals surface area contributed by atoms with E-state index in [0.717, 1.165) is 49.1 Å². The van der Waals surface area contributed by atoms with E-state index in [1.54, 1.807) is 6.20 Å². The first-order valence-corrected chi connectivity index (χ1v) is 6.08. The molecule has 0 spiro atoms. The molecule has 0 unspecified atom stereocenters. The Kier molecular flexibility index (Phi) is 4.33. The van der Waals surface area contributed by atoms with Gasteiger partial charge in [-0.1, -0.05) is 6.07 Å². The third-order valence-electron chi connectivity index (χ3n) is 2.71. The number of hydrogen-bond acceptors (Lipinski definition) is 3. The average molecular weight is 230 g/mol. The topological polar surface area (TPSA) is 48.1 Å². The summed E-state index contributed by atoms with van der Waals surface area (Å²) < 4.78 is 5.79. The van der Waals surface area contributed by atoms with Crippen molar-refractivity contribution >= 4 is 10.9 Å². The molecule has 0 aliphatic carbocycles. The number of hydrogen-bond donors (Lipinski definition) is 1. The van der Waals surface area contributed by atoms with Gasteiger partial charge in [0.05, 0.1) is 12.1 Å². The third kappa shape index (κ3) is 3.17. The molecule has 1 aromatic carbocycles.